The number of rotatable bonds is 6. The number of hydrogen-bond acceptors (Lipinski definition) is 7. The second-order valence-electron chi connectivity index (χ2n) is 6.60. The smallest absolute Gasteiger partial charge is 0.222 e. The molecule has 0 unspecified atom stereocenters. The number of aryl methyl sites for hydroxylation is 1. The van der Waals surface area contributed by atoms with E-state index in [2.05, 4.69) is 20.2 Å². The minimum absolute atomic E-state index is 0.0757. The Morgan fingerprint density at radius 2 is 2.22 bits per heavy atom. The van der Waals surface area contributed by atoms with Gasteiger partial charge in [0.05, 0.1) is 12.6 Å². The quantitative estimate of drug-likeness (QED) is 0.651. The van der Waals surface area contributed by atoms with E-state index in [9.17, 15) is 0 Å². The van der Waals surface area contributed by atoms with Gasteiger partial charge in [0.25, 0.3) is 0 Å². The average molecular weight is 392 g/mol. The number of halogens is 1. The predicted octanol–water partition coefficient (Wildman–Crippen LogP) is 2.78. The summed E-state index contributed by atoms with van der Waals surface area (Å²) in [5, 5.41) is 13.0. The molecule has 0 aliphatic carbocycles. The van der Waals surface area contributed by atoms with E-state index in [1.54, 1.807) is 0 Å². The Hall–Kier alpha value is -2.09. The molecule has 1 aromatic heterocycles. The molecule has 1 saturated heterocycles. The van der Waals surface area contributed by atoms with Crippen LogP contribution in [0.5, 0.6) is 0 Å². The third kappa shape index (κ3) is 5.00. The summed E-state index contributed by atoms with van der Waals surface area (Å²) in [6.07, 6.45) is 1.58. The van der Waals surface area contributed by atoms with Crippen molar-refractivity contribution in [2.45, 2.75) is 25.8 Å². The van der Waals surface area contributed by atoms with Gasteiger partial charge in [0.2, 0.25) is 5.95 Å². The van der Waals surface area contributed by atoms with E-state index < -0.39 is 0 Å². The summed E-state index contributed by atoms with van der Waals surface area (Å²) >= 11 is 6.55. The zero-order valence-electron chi connectivity index (χ0n) is 15.5. The number of aromatic nitrogens is 2. The summed E-state index contributed by atoms with van der Waals surface area (Å²) in [5.41, 5.74) is 8.64. The number of aliphatic hydroxyl groups is 1. The maximum Gasteiger partial charge on any atom is 0.222 e. The van der Waals surface area contributed by atoms with Crippen molar-refractivity contribution in [2.24, 2.45) is 0 Å². The van der Waals surface area contributed by atoms with Crippen molar-refractivity contribution in [3.05, 3.63) is 40.5 Å². The van der Waals surface area contributed by atoms with Gasteiger partial charge in [-0.15, -0.1) is 0 Å². The largest absolute Gasteiger partial charge is 0.396 e. The fourth-order valence-electron chi connectivity index (χ4n) is 3.25. The molecule has 2 aromatic rings. The fraction of sp³-hybridized carbons (Fsp3) is 0.474. The van der Waals surface area contributed by atoms with E-state index in [1.165, 1.54) is 0 Å². The van der Waals surface area contributed by atoms with Gasteiger partial charge in [0.15, 0.2) is 0 Å². The lowest BCUT2D eigenvalue weighted by Crippen LogP contribution is -2.32. The molecule has 3 rings (SSSR count). The lowest BCUT2D eigenvalue weighted by atomic mass is 10.0. The summed E-state index contributed by atoms with van der Waals surface area (Å²) in [6, 6.07) is 7.74. The molecule has 1 fully saturated rings. The molecule has 7 nitrogen and oxygen atoms in total. The van der Waals surface area contributed by atoms with Crippen LogP contribution < -0.4 is 16.0 Å². The van der Waals surface area contributed by atoms with Crippen molar-refractivity contribution in [2.75, 3.05) is 48.9 Å². The Kier molecular flexibility index (Phi) is 6.71. The maximum absolute atomic E-state index is 8.98. The van der Waals surface area contributed by atoms with Gasteiger partial charge in [-0.05, 0) is 43.5 Å². The van der Waals surface area contributed by atoms with E-state index in [-0.39, 0.29) is 18.6 Å². The van der Waals surface area contributed by atoms with E-state index in [0.29, 0.717) is 31.2 Å². The Bertz CT molecular complexity index is 754. The minimum Gasteiger partial charge on any atom is -0.396 e. The number of anilines is 3. The third-order valence-corrected chi connectivity index (χ3v) is 4.86. The molecule has 0 bridgehead atoms. The van der Waals surface area contributed by atoms with Crippen molar-refractivity contribution in [1.82, 2.24) is 9.97 Å². The summed E-state index contributed by atoms with van der Waals surface area (Å²) in [4.78, 5) is 10.8. The molecule has 1 aliphatic rings. The van der Waals surface area contributed by atoms with Gasteiger partial charge in [-0.25, -0.2) is 4.98 Å². The highest BCUT2D eigenvalue weighted by Crippen LogP contribution is 2.34. The molecule has 0 amide bonds. The van der Waals surface area contributed by atoms with Gasteiger partial charge in [-0.2, -0.15) is 4.98 Å². The third-order valence-electron chi connectivity index (χ3n) is 4.51. The van der Waals surface area contributed by atoms with Gasteiger partial charge in [-0.1, -0.05) is 11.6 Å². The number of benzene rings is 1. The van der Waals surface area contributed by atoms with Crippen LogP contribution in [0.1, 0.15) is 30.1 Å². The lowest BCUT2D eigenvalue weighted by Gasteiger charge is -2.31. The number of aliphatic hydroxyl groups excluding tert-OH is 1. The normalized spacial score (nSPS) is 17.6. The zero-order valence-corrected chi connectivity index (χ0v) is 16.2. The number of nitrogens with two attached hydrogens (primary N) is 1. The minimum atomic E-state index is -0.0757. The van der Waals surface area contributed by atoms with Crippen LogP contribution in [0.3, 0.4) is 0 Å². The maximum atomic E-state index is 8.98. The SMILES string of the molecule is Cc1cc(N2CCCOC[C@H]2c2cc(NCCCO)ccc2Cl)nc(N)n1. The Labute approximate surface area is 164 Å². The highest BCUT2D eigenvalue weighted by Gasteiger charge is 2.27. The van der Waals surface area contributed by atoms with Crippen LogP contribution in [-0.2, 0) is 4.74 Å². The molecule has 1 atom stereocenters. The molecule has 27 heavy (non-hydrogen) atoms. The van der Waals surface area contributed by atoms with Crippen LogP contribution in [0.25, 0.3) is 0 Å². The summed E-state index contributed by atoms with van der Waals surface area (Å²) in [7, 11) is 0. The molecule has 0 spiro atoms. The monoisotopic (exact) mass is 391 g/mol. The van der Waals surface area contributed by atoms with Crippen LogP contribution in [0, 0.1) is 6.92 Å². The van der Waals surface area contributed by atoms with Crippen molar-refractivity contribution in [3.8, 4) is 0 Å². The Morgan fingerprint density at radius 1 is 1.37 bits per heavy atom. The average Bonchev–Trinajstić information content (AvgIpc) is 2.88. The van der Waals surface area contributed by atoms with Crippen molar-refractivity contribution < 1.29 is 9.84 Å². The van der Waals surface area contributed by atoms with E-state index in [4.69, 9.17) is 27.2 Å². The number of nitrogen functional groups attached to an aromatic ring is 1. The van der Waals surface area contributed by atoms with Crippen molar-refractivity contribution in [1.29, 1.82) is 0 Å². The molecular weight excluding hydrogens is 366 g/mol. The first-order valence-corrected chi connectivity index (χ1v) is 9.56. The van der Waals surface area contributed by atoms with Crippen LogP contribution in [0.2, 0.25) is 5.02 Å². The first kappa shape index (κ1) is 19.7. The second kappa shape index (κ2) is 9.21. The second-order valence-corrected chi connectivity index (χ2v) is 7.01. The molecular formula is C19H26ClN5O2. The number of ether oxygens (including phenoxy) is 1. The molecule has 8 heteroatoms. The summed E-state index contributed by atoms with van der Waals surface area (Å²) in [6.45, 7) is 4.76. The molecule has 146 valence electrons. The zero-order chi connectivity index (χ0) is 19.2. The van der Waals surface area contributed by atoms with Gasteiger partial charge < -0.3 is 25.8 Å². The van der Waals surface area contributed by atoms with E-state index >= 15 is 0 Å². The molecule has 0 saturated carbocycles. The molecule has 4 N–H and O–H groups in total. The summed E-state index contributed by atoms with van der Waals surface area (Å²) in [5.74, 6) is 1.05. The topological polar surface area (TPSA) is 96.5 Å². The number of nitrogens with zero attached hydrogens (tertiary/aromatic N) is 3. The predicted molar refractivity (Wildman–Crippen MR) is 108 cm³/mol. The first-order chi connectivity index (χ1) is 13.1. The Morgan fingerprint density at radius 3 is 3.00 bits per heavy atom. The first-order valence-electron chi connectivity index (χ1n) is 9.18. The fourth-order valence-corrected chi connectivity index (χ4v) is 3.50. The van der Waals surface area contributed by atoms with Gasteiger partial charge in [0.1, 0.15) is 5.82 Å². The standard InChI is InChI=1S/C19H26ClN5O2/c1-13-10-18(24-19(21)23-13)25-7-3-9-27-12-17(25)15-11-14(4-5-16(15)20)22-6-2-8-26/h4-5,10-11,17,22,26H,2-3,6-9,12H2,1H3,(H2,21,23,24)/t17-/m0/s1. The van der Waals surface area contributed by atoms with Gasteiger partial charge in [-0.3, -0.25) is 0 Å². The molecule has 2 heterocycles. The van der Waals surface area contributed by atoms with Crippen LogP contribution in [0.4, 0.5) is 17.5 Å². The highest BCUT2D eigenvalue weighted by molar-refractivity contribution is 6.31. The molecule has 0 radical (unpaired) electrons. The number of hydrogen-bond donors (Lipinski definition) is 3. The van der Waals surface area contributed by atoms with Gasteiger partial charge in [0, 0.05) is 48.8 Å². The summed E-state index contributed by atoms with van der Waals surface area (Å²) < 4.78 is 5.84. The van der Waals surface area contributed by atoms with Gasteiger partial charge >= 0.3 is 0 Å². The van der Waals surface area contributed by atoms with E-state index in [1.807, 2.05) is 31.2 Å². The van der Waals surface area contributed by atoms with Crippen LogP contribution in [0.15, 0.2) is 24.3 Å². The highest BCUT2D eigenvalue weighted by atomic mass is 35.5. The van der Waals surface area contributed by atoms with Crippen molar-refractivity contribution >= 4 is 29.1 Å². The molecule has 1 aliphatic heterocycles. The Balaban J connectivity index is 1.94. The van der Waals surface area contributed by atoms with E-state index in [0.717, 1.165) is 35.7 Å². The lowest BCUT2D eigenvalue weighted by molar-refractivity contribution is 0.134. The van der Waals surface area contributed by atoms with Crippen LogP contribution in [-0.4, -0.2) is 48.0 Å². The van der Waals surface area contributed by atoms with Crippen LogP contribution >= 0.6 is 11.6 Å². The van der Waals surface area contributed by atoms with Crippen molar-refractivity contribution in [3.63, 3.8) is 0 Å². The number of nitrogens with one attached hydrogen (secondary N) is 1. The molecule has 1 aromatic carbocycles.